The summed E-state index contributed by atoms with van der Waals surface area (Å²) in [6, 6.07) is 2.00. The molecule has 0 aromatic carbocycles. The van der Waals surface area contributed by atoms with Gasteiger partial charge < -0.3 is 16.0 Å². The van der Waals surface area contributed by atoms with Crippen LogP contribution >= 0.6 is 0 Å². The molecule has 1 fully saturated rings. The van der Waals surface area contributed by atoms with Gasteiger partial charge in [-0.15, -0.1) is 0 Å². The van der Waals surface area contributed by atoms with Crippen molar-refractivity contribution in [3.05, 3.63) is 24.0 Å². The first-order valence-corrected chi connectivity index (χ1v) is 6.40. The molecule has 0 aliphatic heterocycles. The van der Waals surface area contributed by atoms with Crippen molar-refractivity contribution < 1.29 is 9.59 Å². The van der Waals surface area contributed by atoms with Gasteiger partial charge in [-0.25, -0.2) is 0 Å². The Kier molecular flexibility index (Phi) is 4.33. The molecule has 1 aromatic rings. The Bertz CT molecular complexity index is 471. The minimum Gasteiger partial charge on any atom is -0.386 e. The van der Waals surface area contributed by atoms with Gasteiger partial charge in [-0.05, 0) is 18.9 Å². The van der Waals surface area contributed by atoms with Gasteiger partial charge in [0.1, 0.15) is 0 Å². The Hall–Kier alpha value is -2.11. The van der Waals surface area contributed by atoms with Gasteiger partial charge >= 0.3 is 0 Å². The van der Waals surface area contributed by atoms with Gasteiger partial charge in [-0.1, -0.05) is 0 Å². The normalized spacial score (nSPS) is 13.7. The molecular formula is C13H18N4O2. The first kappa shape index (κ1) is 13.3. The molecule has 6 nitrogen and oxygen atoms in total. The SMILES string of the molecule is CNc1cnccc1C(=O)NCCC(=O)NC1CC1. The molecule has 0 unspecified atom stereocenters. The number of nitrogens with one attached hydrogen (secondary N) is 3. The molecule has 2 amide bonds. The summed E-state index contributed by atoms with van der Waals surface area (Å²) < 4.78 is 0. The quantitative estimate of drug-likeness (QED) is 0.698. The Morgan fingerprint density at radius 3 is 2.89 bits per heavy atom. The maximum atomic E-state index is 11.9. The molecule has 2 rings (SSSR count). The number of amides is 2. The van der Waals surface area contributed by atoms with E-state index in [1.54, 1.807) is 25.5 Å². The summed E-state index contributed by atoms with van der Waals surface area (Å²) in [7, 11) is 1.73. The fourth-order valence-corrected chi connectivity index (χ4v) is 1.70. The molecule has 0 spiro atoms. The number of aromatic nitrogens is 1. The van der Waals surface area contributed by atoms with Crippen molar-refractivity contribution in [3.8, 4) is 0 Å². The summed E-state index contributed by atoms with van der Waals surface area (Å²) in [5.74, 6) is -0.211. The van der Waals surface area contributed by atoms with E-state index in [1.807, 2.05) is 0 Å². The zero-order chi connectivity index (χ0) is 13.7. The molecule has 19 heavy (non-hydrogen) atoms. The summed E-state index contributed by atoms with van der Waals surface area (Å²) >= 11 is 0. The van der Waals surface area contributed by atoms with Crippen molar-refractivity contribution in [1.82, 2.24) is 15.6 Å². The zero-order valence-electron chi connectivity index (χ0n) is 10.9. The number of hydrogen-bond donors (Lipinski definition) is 3. The maximum absolute atomic E-state index is 11.9. The summed E-state index contributed by atoms with van der Waals surface area (Å²) in [5, 5.41) is 8.52. The Balaban J connectivity index is 1.78. The van der Waals surface area contributed by atoms with Crippen LogP contribution in [0.5, 0.6) is 0 Å². The Morgan fingerprint density at radius 1 is 1.42 bits per heavy atom. The lowest BCUT2D eigenvalue weighted by molar-refractivity contribution is -0.121. The highest BCUT2D eigenvalue weighted by molar-refractivity contribution is 5.99. The van der Waals surface area contributed by atoms with Crippen molar-refractivity contribution in [3.63, 3.8) is 0 Å². The van der Waals surface area contributed by atoms with Crippen molar-refractivity contribution >= 4 is 17.5 Å². The molecule has 0 bridgehead atoms. The average Bonchev–Trinajstić information content (AvgIpc) is 3.22. The monoisotopic (exact) mass is 262 g/mol. The average molecular weight is 262 g/mol. The van der Waals surface area contributed by atoms with Gasteiger partial charge in [0.25, 0.3) is 5.91 Å². The fourth-order valence-electron chi connectivity index (χ4n) is 1.70. The van der Waals surface area contributed by atoms with E-state index >= 15 is 0 Å². The largest absolute Gasteiger partial charge is 0.386 e. The number of nitrogens with zero attached hydrogens (tertiary/aromatic N) is 1. The second-order valence-corrected chi connectivity index (χ2v) is 4.52. The highest BCUT2D eigenvalue weighted by Gasteiger charge is 2.22. The first-order chi connectivity index (χ1) is 9.20. The number of carbonyl (C=O) groups is 2. The number of anilines is 1. The Labute approximate surface area is 112 Å². The van der Waals surface area contributed by atoms with E-state index in [0.717, 1.165) is 12.8 Å². The van der Waals surface area contributed by atoms with Crippen LogP contribution in [0.1, 0.15) is 29.6 Å². The minimum atomic E-state index is -0.203. The predicted octanol–water partition coefficient (Wildman–Crippen LogP) is 0.522. The first-order valence-electron chi connectivity index (χ1n) is 6.40. The van der Waals surface area contributed by atoms with E-state index in [0.29, 0.717) is 30.3 Å². The van der Waals surface area contributed by atoms with Crippen molar-refractivity contribution in [2.45, 2.75) is 25.3 Å². The molecular weight excluding hydrogens is 244 g/mol. The highest BCUT2D eigenvalue weighted by Crippen LogP contribution is 2.18. The zero-order valence-corrected chi connectivity index (χ0v) is 10.9. The van der Waals surface area contributed by atoms with E-state index in [4.69, 9.17) is 0 Å². The van der Waals surface area contributed by atoms with Crippen LogP contribution in [-0.2, 0) is 4.79 Å². The number of rotatable bonds is 6. The maximum Gasteiger partial charge on any atom is 0.253 e. The molecule has 1 aromatic heterocycles. The molecule has 1 saturated carbocycles. The molecule has 6 heteroatoms. The highest BCUT2D eigenvalue weighted by atomic mass is 16.2. The molecule has 1 heterocycles. The van der Waals surface area contributed by atoms with E-state index in [-0.39, 0.29) is 11.8 Å². The molecule has 3 N–H and O–H groups in total. The molecule has 0 saturated heterocycles. The number of carbonyl (C=O) groups excluding carboxylic acids is 2. The van der Waals surface area contributed by atoms with Crippen molar-refractivity contribution in [2.24, 2.45) is 0 Å². The Morgan fingerprint density at radius 2 is 2.21 bits per heavy atom. The molecule has 0 atom stereocenters. The topological polar surface area (TPSA) is 83.1 Å². The van der Waals surface area contributed by atoms with Crippen LogP contribution in [-0.4, -0.2) is 36.4 Å². The molecule has 1 aliphatic carbocycles. The van der Waals surface area contributed by atoms with Crippen LogP contribution in [0.4, 0.5) is 5.69 Å². The second-order valence-electron chi connectivity index (χ2n) is 4.52. The third-order valence-corrected chi connectivity index (χ3v) is 2.92. The van der Waals surface area contributed by atoms with Gasteiger partial charge in [0, 0.05) is 32.3 Å². The third kappa shape index (κ3) is 3.94. The minimum absolute atomic E-state index is 0.00799. The van der Waals surface area contributed by atoms with Crippen LogP contribution in [0, 0.1) is 0 Å². The van der Waals surface area contributed by atoms with E-state index in [9.17, 15) is 9.59 Å². The molecule has 1 aliphatic rings. The van der Waals surface area contributed by atoms with Crippen LogP contribution in [0.25, 0.3) is 0 Å². The lowest BCUT2D eigenvalue weighted by Crippen LogP contribution is -2.31. The standard InChI is InChI=1S/C13H18N4O2/c1-14-11-8-15-6-4-10(11)13(19)16-7-5-12(18)17-9-2-3-9/h4,6,8-9,14H,2-3,5,7H2,1H3,(H,16,19)(H,17,18). The summed E-state index contributed by atoms with van der Waals surface area (Å²) in [6.07, 6.45) is 5.60. The van der Waals surface area contributed by atoms with Crippen LogP contribution in [0.2, 0.25) is 0 Å². The molecule has 0 radical (unpaired) electrons. The van der Waals surface area contributed by atoms with Gasteiger partial charge in [0.2, 0.25) is 5.91 Å². The predicted molar refractivity (Wildman–Crippen MR) is 71.9 cm³/mol. The lowest BCUT2D eigenvalue weighted by atomic mass is 10.2. The third-order valence-electron chi connectivity index (χ3n) is 2.92. The summed E-state index contributed by atoms with van der Waals surface area (Å²) in [4.78, 5) is 27.3. The summed E-state index contributed by atoms with van der Waals surface area (Å²) in [5.41, 5.74) is 1.20. The summed E-state index contributed by atoms with van der Waals surface area (Å²) in [6.45, 7) is 0.336. The van der Waals surface area contributed by atoms with Gasteiger partial charge in [-0.3, -0.25) is 14.6 Å². The number of hydrogen-bond acceptors (Lipinski definition) is 4. The van der Waals surface area contributed by atoms with Crippen molar-refractivity contribution in [1.29, 1.82) is 0 Å². The molecule has 102 valence electrons. The van der Waals surface area contributed by atoms with Gasteiger partial charge in [0.05, 0.1) is 17.4 Å². The van der Waals surface area contributed by atoms with E-state index in [1.165, 1.54) is 0 Å². The van der Waals surface area contributed by atoms with E-state index < -0.39 is 0 Å². The van der Waals surface area contributed by atoms with Crippen molar-refractivity contribution in [2.75, 3.05) is 18.9 Å². The number of pyridine rings is 1. The van der Waals surface area contributed by atoms with Gasteiger partial charge in [0.15, 0.2) is 0 Å². The van der Waals surface area contributed by atoms with Crippen LogP contribution in [0.3, 0.4) is 0 Å². The van der Waals surface area contributed by atoms with Gasteiger partial charge in [-0.2, -0.15) is 0 Å². The smallest absolute Gasteiger partial charge is 0.253 e. The van der Waals surface area contributed by atoms with Crippen LogP contribution < -0.4 is 16.0 Å². The lowest BCUT2D eigenvalue weighted by Gasteiger charge is -2.09. The van der Waals surface area contributed by atoms with E-state index in [2.05, 4.69) is 20.9 Å². The second kappa shape index (κ2) is 6.17. The fraction of sp³-hybridized carbons (Fsp3) is 0.462. The van der Waals surface area contributed by atoms with Crippen LogP contribution in [0.15, 0.2) is 18.5 Å².